The number of hydrogen-bond acceptors (Lipinski definition) is 4. The zero-order valence-electron chi connectivity index (χ0n) is 11.1. The van der Waals surface area contributed by atoms with Crippen LogP contribution in [0.3, 0.4) is 0 Å². The lowest BCUT2D eigenvalue weighted by Gasteiger charge is -2.27. The molecule has 0 aromatic heterocycles. The second-order valence-corrected chi connectivity index (χ2v) is 5.00. The van der Waals surface area contributed by atoms with E-state index >= 15 is 0 Å². The molecule has 0 aliphatic heterocycles. The maximum absolute atomic E-state index is 11.5. The molecule has 0 unspecified atom stereocenters. The number of aromatic hydroxyl groups is 1. The van der Waals surface area contributed by atoms with Crippen molar-refractivity contribution in [3.63, 3.8) is 0 Å². The Labute approximate surface area is 112 Å². The molecule has 1 aromatic rings. The number of rotatable bonds is 3. The third-order valence-electron chi connectivity index (χ3n) is 3.86. The summed E-state index contributed by atoms with van der Waals surface area (Å²) in [5.41, 5.74) is 1.07. The number of esters is 1. The summed E-state index contributed by atoms with van der Waals surface area (Å²) in [7, 11) is 1.42. The molecule has 2 rings (SSSR count). The normalized spacial score (nSPS) is 22.8. The fourth-order valence-corrected chi connectivity index (χ4v) is 2.71. The van der Waals surface area contributed by atoms with Crippen molar-refractivity contribution in [3.05, 3.63) is 29.8 Å². The number of benzene rings is 1. The van der Waals surface area contributed by atoms with Gasteiger partial charge in [-0.1, -0.05) is 12.1 Å². The van der Waals surface area contributed by atoms with Gasteiger partial charge in [0.25, 0.3) is 0 Å². The molecule has 1 aliphatic rings. The van der Waals surface area contributed by atoms with E-state index < -0.39 is 0 Å². The summed E-state index contributed by atoms with van der Waals surface area (Å²) in [6, 6.07) is 6.94. The Morgan fingerprint density at radius 3 is 2.37 bits per heavy atom. The van der Waals surface area contributed by atoms with Crippen molar-refractivity contribution in [2.24, 2.45) is 11.8 Å². The number of methoxy groups -OCH3 is 1. The van der Waals surface area contributed by atoms with E-state index in [9.17, 15) is 9.90 Å². The van der Waals surface area contributed by atoms with Gasteiger partial charge in [-0.25, -0.2) is 0 Å². The summed E-state index contributed by atoms with van der Waals surface area (Å²) in [6.45, 7) is 0. The molecule has 0 radical (unpaired) electrons. The molecule has 1 fully saturated rings. The first-order chi connectivity index (χ1) is 9.13. The average molecular weight is 261 g/mol. The number of nitrogens with one attached hydrogen (secondary N) is 1. The van der Waals surface area contributed by atoms with Crippen LogP contribution in [0.4, 0.5) is 0 Å². The maximum atomic E-state index is 11.5. The van der Waals surface area contributed by atoms with Gasteiger partial charge in [-0.2, -0.15) is 0 Å². The van der Waals surface area contributed by atoms with Crippen LogP contribution in [-0.2, 0) is 9.53 Å². The molecule has 4 heteroatoms. The fraction of sp³-hybridized carbons (Fsp3) is 0.467. The predicted octanol–water partition coefficient (Wildman–Crippen LogP) is 2.74. The largest absolute Gasteiger partial charge is 0.507 e. The lowest BCUT2D eigenvalue weighted by Crippen LogP contribution is -2.26. The van der Waals surface area contributed by atoms with Gasteiger partial charge in [-0.05, 0) is 37.8 Å². The molecule has 1 aliphatic carbocycles. The third-order valence-corrected chi connectivity index (χ3v) is 3.86. The summed E-state index contributed by atoms with van der Waals surface area (Å²) >= 11 is 0. The highest BCUT2D eigenvalue weighted by Crippen LogP contribution is 2.33. The monoisotopic (exact) mass is 261 g/mol. The van der Waals surface area contributed by atoms with Gasteiger partial charge in [0, 0.05) is 17.2 Å². The second kappa shape index (κ2) is 5.87. The van der Waals surface area contributed by atoms with Crippen molar-refractivity contribution in [2.45, 2.75) is 25.7 Å². The quantitative estimate of drug-likeness (QED) is 0.649. The van der Waals surface area contributed by atoms with Crippen molar-refractivity contribution in [3.8, 4) is 5.75 Å². The molecule has 0 atom stereocenters. The Morgan fingerprint density at radius 1 is 1.21 bits per heavy atom. The van der Waals surface area contributed by atoms with Gasteiger partial charge in [0.05, 0.1) is 13.0 Å². The molecular weight excluding hydrogens is 242 g/mol. The number of phenols is 1. The summed E-state index contributed by atoms with van der Waals surface area (Å²) < 4.78 is 4.76. The van der Waals surface area contributed by atoms with Crippen molar-refractivity contribution in [1.82, 2.24) is 0 Å². The Balaban J connectivity index is 2.00. The van der Waals surface area contributed by atoms with Crippen molar-refractivity contribution >= 4 is 11.7 Å². The Kier molecular flexibility index (Phi) is 4.20. The van der Waals surface area contributed by atoms with E-state index in [1.165, 1.54) is 7.11 Å². The van der Waals surface area contributed by atoms with Crippen LogP contribution in [0, 0.1) is 17.2 Å². The van der Waals surface area contributed by atoms with Crippen LogP contribution in [0.15, 0.2) is 24.3 Å². The summed E-state index contributed by atoms with van der Waals surface area (Å²) in [4.78, 5) is 11.5. The highest BCUT2D eigenvalue weighted by atomic mass is 16.5. The first-order valence-electron chi connectivity index (χ1n) is 6.58. The minimum absolute atomic E-state index is 0.0292. The van der Waals surface area contributed by atoms with Crippen molar-refractivity contribution < 1.29 is 14.6 Å². The van der Waals surface area contributed by atoms with Crippen LogP contribution in [0.25, 0.3) is 0 Å². The van der Waals surface area contributed by atoms with E-state index in [0.29, 0.717) is 11.3 Å². The van der Waals surface area contributed by atoms with Gasteiger partial charge in [-0.3, -0.25) is 4.79 Å². The third kappa shape index (κ3) is 2.95. The van der Waals surface area contributed by atoms with Crippen molar-refractivity contribution in [1.29, 1.82) is 5.41 Å². The number of phenolic OH excluding ortho intramolecular Hbond substituents is 1. The second-order valence-electron chi connectivity index (χ2n) is 5.00. The van der Waals surface area contributed by atoms with Gasteiger partial charge < -0.3 is 15.3 Å². The first-order valence-corrected chi connectivity index (χ1v) is 6.58. The zero-order chi connectivity index (χ0) is 13.8. The summed E-state index contributed by atoms with van der Waals surface area (Å²) in [5.74, 6) is 0.0998. The molecule has 102 valence electrons. The Bertz CT molecular complexity index is 476. The SMILES string of the molecule is COC(=O)C1CCC(C(=N)c2ccccc2O)CC1. The van der Waals surface area contributed by atoms with Gasteiger partial charge in [-0.15, -0.1) is 0 Å². The predicted molar refractivity (Wildman–Crippen MR) is 72.4 cm³/mol. The number of para-hydroxylation sites is 1. The highest BCUT2D eigenvalue weighted by Gasteiger charge is 2.29. The number of carbonyl (C=O) groups is 1. The molecule has 19 heavy (non-hydrogen) atoms. The van der Waals surface area contributed by atoms with E-state index in [2.05, 4.69) is 0 Å². The molecule has 2 N–H and O–H groups in total. The topological polar surface area (TPSA) is 70.4 Å². The van der Waals surface area contributed by atoms with Gasteiger partial charge in [0.15, 0.2) is 0 Å². The molecule has 1 aromatic carbocycles. The smallest absolute Gasteiger partial charge is 0.308 e. The van der Waals surface area contributed by atoms with E-state index in [-0.39, 0.29) is 23.6 Å². The van der Waals surface area contributed by atoms with Gasteiger partial charge in [0.2, 0.25) is 0 Å². The van der Waals surface area contributed by atoms with E-state index in [1.54, 1.807) is 18.2 Å². The van der Waals surface area contributed by atoms with Crippen LogP contribution >= 0.6 is 0 Å². The standard InChI is InChI=1S/C15H19NO3/c1-19-15(18)11-8-6-10(7-9-11)14(16)12-4-2-3-5-13(12)17/h2-5,10-11,16-17H,6-9H2,1H3. The molecular formula is C15H19NO3. The number of ether oxygens (including phenoxy) is 1. The molecule has 0 bridgehead atoms. The van der Waals surface area contributed by atoms with Gasteiger partial charge >= 0.3 is 5.97 Å². The zero-order valence-corrected chi connectivity index (χ0v) is 11.1. The number of carbonyl (C=O) groups excluding carboxylic acids is 1. The molecule has 0 spiro atoms. The summed E-state index contributed by atoms with van der Waals surface area (Å²) in [6.07, 6.45) is 3.11. The summed E-state index contributed by atoms with van der Waals surface area (Å²) in [5, 5.41) is 18.0. The van der Waals surface area contributed by atoms with Crippen LogP contribution in [0.1, 0.15) is 31.2 Å². The molecule has 0 amide bonds. The maximum Gasteiger partial charge on any atom is 0.308 e. The molecule has 0 heterocycles. The van der Waals surface area contributed by atoms with Crippen LogP contribution < -0.4 is 0 Å². The van der Waals surface area contributed by atoms with Crippen molar-refractivity contribution in [2.75, 3.05) is 7.11 Å². The highest BCUT2D eigenvalue weighted by molar-refractivity contribution is 6.02. The van der Waals surface area contributed by atoms with Gasteiger partial charge in [0.1, 0.15) is 5.75 Å². The minimum atomic E-state index is -0.146. The lowest BCUT2D eigenvalue weighted by atomic mass is 9.78. The minimum Gasteiger partial charge on any atom is -0.507 e. The fourth-order valence-electron chi connectivity index (χ4n) is 2.71. The van der Waals surface area contributed by atoms with Crippen LogP contribution in [0.5, 0.6) is 5.75 Å². The lowest BCUT2D eigenvalue weighted by molar-refractivity contribution is -0.146. The Morgan fingerprint density at radius 2 is 1.79 bits per heavy atom. The average Bonchev–Trinajstić information content (AvgIpc) is 2.46. The Hall–Kier alpha value is -1.84. The van der Waals surface area contributed by atoms with E-state index in [1.807, 2.05) is 6.07 Å². The molecule has 0 saturated heterocycles. The van der Waals surface area contributed by atoms with Crippen LogP contribution in [-0.4, -0.2) is 23.9 Å². The molecule has 4 nitrogen and oxygen atoms in total. The van der Waals surface area contributed by atoms with E-state index in [0.717, 1.165) is 25.7 Å². The number of hydrogen-bond donors (Lipinski definition) is 2. The first kappa shape index (κ1) is 13.6. The van der Waals surface area contributed by atoms with E-state index in [4.69, 9.17) is 10.1 Å². The molecule has 1 saturated carbocycles. The van der Waals surface area contributed by atoms with Crippen LogP contribution in [0.2, 0.25) is 0 Å².